The number of hydrogen-bond donors (Lipinski definition) is 5. The molecule has 1 aromatic rings. The van der Waals surface area contributed by atoms with Crippen molar-refractivity contribution in [2.75, 3.05) is 26.2 Å². The predicted octanol–water partition coefficient (Wildman–Crippen LogP) is 1.70. The lowest BCUT2D eigenvalue weighted by atomic mass is 10.0. The molecule has 2 rings (SSSR count). The van der Waals surface area contributed by atoms with Crippen LogP contribution in [0.1, 0.15) is 37.8 Å². The number of nitrogens with one attached hydrogen (secondary N) is 1. The van der Waals surface area contributed by atoms with Crippen molar-refractivity contribution in [2.45, 2.75) is 63.8 Å². The molecule has 1 fully saturated rings. The van der Waals surface area contributed by atoms with Crippen LogP contribution in [0.2, 0.25) is 0 Å². The van der Waals surface area contributed by atoms with Crippen molar-refractivity contribution >= 4 is 11.9 Å². The minimum atomic E-state index is -4.56. The molecule has 1 aliphatic heterocycles. The van der Waals surface area contributed by atoms with Gasteiger partial charge >= 0.3 is 18.1 Å². The van der Waals surface area contributed by atoms with E-state index in [0.29, 0.717) is 19.2 Å². The van der Waals surface area contributed by atoms with Crippen LogP contribution in [-0.2, 0) is 27.0 Å². The maximum Gasteiger partial charge on any atom is 0.416 e. The van der Waals surface area contributed by atoms with Gasteiger partial charge < -0.3 is 30.5 Å². The molecule has 0 bridgehead atoms. The lowest BCUT2D eigenvalue weighted by Crippen LogP contribution is -2.44. The fraction of sp³-hybridized carbons (Fsp3) is 0.636. The summed E-state index contributed by atoms with van der Waals surface area (Å²) >= 11 is 0. The molecular weight excluding hydrogens is 480 g/mol. The summed E-state index contributed by atoms with van der Waals surface area (Å²) in [7, 11) is 0. The van der Waals surface area contributed by atoms with Crippen LogP contribution in [0, 0.1) is 5.82 Å². The van der Waals surface area contributed by atoms with Gasteiger partial charge in [-0.15, -0.1) is 0 Å². The third-order valence-electron chi connectivity index (χ3n) is 5.21. The fourth-order valence-electron chi connectivity index (χ4n) is 3.41. The van der Waals surface area contributed by atoms with E-state index in [1.54, 1.807) is 0 Å². The second-order valence-corrected chi connectivity index (χ2v) is 8.24. The summed E-state index contributed by atoms with van der Waals surface area (Å²) in [5.74, 6) is -4.41. The molecule has 2 atom stereocenters. The average Bonchev–Trinajstić information content (AvgIpc) is 2.78. The van der Waals surface area contributed by atoms with Crippen LogP contribution in [0.5, 0.6) is 0 Å². The molecule has 13 heteroatoms. The number of carboxylic acid groups (broad SMARTS) is 2. The van der Waals surface area contributed by atoms with Gasteiger partial charge in [0.2, 0.25) is 0 Å². The molecule has 1 heterocycles. The van der Waals surface area contributed by atoms with Crippen LogP contribution in [0.4, 0.5) is 17.6 Å². The number of piperidine rings is 1. The Morgan fingerprint density at radius 1 is 1.11 bits per heavy atom. The largest absolute Gasteiger partial charge is 0.479 e. The smallest absolute Gasteiger partial charge is 0.416 e. The molecule has 0 aliphatic carbocycles. The van der Waals surface area contributed by atoms with E-state index in [4.69, 9.17) is 25.2 Å². The molecule has 0 amide bonds. The number of aliphatic hydroxyl groups is 2. The lowest BCUT2D eigenvalue weighted by molar-refractivity contribution is -0.165. The number of benzene rings is 1. The van der Waals surface area contributed by atoms with Gasteiger partial charge in [-0.25, -0.2) is 14.0 Å². The maximum atomic E-state index is 13.3. The third-order valence-corrected chi connectivity index (χ3v) is 5.21. The summed E-state index contributed by atoms with van der Waals surface area (Å²) in [5.41, 5.74) is -0.784. The number of halogens is 4. The molecule has 0 spiro atoms. The van der Waals surface area contributed by atoms with Gasteiger partial charge in [0.25, 0.3) is 0 Å². The van der Waals surface area contributed by atoms with E-state index in [1.807, 2.05) is 18.7 Å². The van der Waals surface area contributed by atoms with Gasteiger partial charge in [-0.3, -0.25) is 4.90 Å². The predicted molar refractivity (Wildman–Crippen MR) is 116 cm³/mol. The average molecular weight is 512 g/mol. The van der Waals surface area contributed by atoms with Crippen LogP contribution in [0.3, 0.4) is 0 Å². The van der Waals surface area contributed by atoms with E-state index in [2.05, 4.69) is 5.32 Å². The van der Waals surface area contributed by atoms with Crippen molar-refractivity contribution in [1.29, 1.82) is 0 Å². The summed E-state index contributed by atoms with van der Waals surface area (Å²) in [5, 5.41) is 35.8. The maximum absolute atomic E-state index is 13.3. The minimum absolute atomic E-state index is 0.0754. The summed E-state index contributed by atoms with van der Waals surface area (Å²) in [6.45, 7) is 6.71. The highest BCUT2D eigenvalue weighted by Gasteiger charge is 2.35. The fourth-order valence-corrected chi connectivity index (χ4v) is 3.41. The molecule has 1 aliphatic rings. The molecule has 2 unspecified atom stereocenters. The Labute approximate surface area is 200 Å². The quantitative estimate of drug-likeness (QED) is 0.297. The lowest BCUT2D eigenvalue weighted by Gasteiger charge is -2.35. The Morgan fingerprint density at radius 3 is 2.11 bits per heavy atom. The SMILES string of the molecule is CC(C)OCCN(Cc1ccc(F)cc1C(F)(F)F)C1CCNCC1.O=C(O)C(O)C(O)C(=O)O. The molecule has 0 aromatic heterocycles. The van der Waals surface area contributed by atoms with Crippen molar-refractivity contribution < 1.29 is 52.3 Å². The Kier molecular flexibility index (Phi) is 12.5. The number of carbonyl (C=O) groups is 2. The number of ether oxygens (including phenoxy) is 1. The number of carboxylic acids is 2. The molecule has 0 saturated carbocycles. The van der Waals surface area contributed by atoms with Crippen LogP contribution >= 0.6 is 0 Å². The topological polar surface area (TPSA) is 140 Å². The molecule has 1 aromatic carbocycles. The summed E-state index contributed by atoms with van der Waals surface area (Å²) in [4.78, 5) is 21.6. The zero-order valence-electron chi connectivity index (χ0n) is 19.5. The van der Waals surface area contributed by atoms with Crippen molar-refractivity contribution in [3.63, 3.8) is 0 Å². The van der Waals surface area contributed by atoms with Crippen LogP contribution in [0.25, 0.3) is 0 Å². The normalized spacial score (nSPS) is 16.5. The van der Waals surface area contributed by atoms with Crippen LogP contribution < -0.4 is 5.32 Å². The van der Waals surface area contributed by atoms with Gasteiger partial charge in [0, 0.05) is 19.1 Å². The van der Waals surface area contributed by atoms with Crippen molar-refractivity contribution in [3.05, 3.63) is 35.1 Å². The summed E-state index contributed by atoms with van der Waals surface area (Å²) < 4.78 is 58.7. The first kappa shape index (κ1) is 30.7. The molecule has 5 N–H and O–H groups in total. The van der Waals surface area contributed by atoms with Crippen molar-refractivity contribution in [1.82, 2.24) is 10.2 Å². The van der Waals surface area contributed by atoms with E-state index in [0.717, 1.165) is 32.0 Å². The first-order valence-electron chi connectivity index (χ1n) is 11.0. The van der Waals surface area contributed by atoms with E-state index >= 15 is 0 Å². The van der Waals surface area contributed by atoms with Gasteiger partial charge in [0.15, 0.2) is 12.2 Å². The zero-order valence-corrected chi connectivity index (χ0v) is 19.5. The van der Waals surface area contributed by atoms with Gasteiger partial charge in [-0.1, -0.05) is 6.07 Å². The minimum Gasteiger partial charge on any atom is -0.479 e. The highest BCUT2D eigenvalue weighted by atomic mass is 19.4. The van der Waals surface area contributed by atoms with Crippen molar-refractivity contribution in [2.24, 2.45) is 0 Å². The van der Waals surface area contributed by atoms with E-state index in [-0.39, 0.29) is 24.3 Å². The van der Waals surface area contributed by atoms with Crippen LogP contribution in [0.15, 0.2) is 18.2 Å². The third kappa shape index (κ3) is 10.9. The highest BCUT2D eigenvalue weighted by Crippen LogP contribution is 2.33. The van der Waals surface area contributed by atoms with E-state index in [9.17, 15) is 27.2 Å². The summed E-state index contributed by atoms with van der Waals surface area (Å²) in [6.07, 6.45) is -7.26. The monoisotopic (exact) mass is 512 g/mol. The Hall–Kier alpha value is -2.32. The zero-order chi connectivity index (χ0) is 26.8. The van der Waals surface area contributed by atoms with Crippen molar-refractivity contribution in [3.8, 4) is 0 Å². The first-order chi connectivity index (χ1) is 16.2. The Balaban J connectivity index is 0.000000518. The second kappa shape index (κ2) is 14.3. The second-order valence-electron chi connectivity index (χ2n) is 8.24. The number of rotatable bonds is 10. The van der Waals surface area contributed by atoms with Gasteiger partial charge in [0.05, 0.1) is 18.3 Å². The molecular formula is C22H32F4N2O7. The Morgan fingerprint density at radius 2 is 1.66 bits per heavy atom. The standard InChI is InChI=1S/C18H26F4N2O.C4H6O6/c1-13(2)25-10-9-24(16-5-7-23-8-6-16)12-14-3-4-15(19)11-17(14)18(20,21)22;5-1(3(7)8)2(6)4(9)10/h3-4,11,13,16,23H,5-10,12H2,1-2H3;1-2,5-6H,(H,7,8)(H,9,10). The van der Waals surface area contributed by atoms with Gasteiger partial charge in [-0.2, -0.15) is 13.2 Å². The number of aliphatic carboxylic acids is 2. The molecule has 35 heavy (non-hydrogen) atoms. The van der Waals surface area contributed by atoms with Crippen LogP contribution in [-0.4, -0.2) is 87.9 Å². The molecule has 200 valence electrons. The van der Waals surface area contributed by atoms with E-state index < -0.39 is 41.7 Å². The number of alkyl halides is 3. The molecule has 9 nitrogen and oxygen atoms in total. The molecule has 1 saturated heterocycles. The number of aliphatic hydroxyl groups excluding tert-OH is 2. The summed E-state index contributed by atoms with van der Waals surface area (Å²) in [6, 6.07) is 3.12. The van der Waals surface area contributed by atoms with E-state index in [1.165, 1.54) is 6.07 Å². The highest BCUT2D eigenvalue weighted by molar-refractivity contribution is 5.83. The number of hydrogen-bond acceptors (Lipinski definition) is 7. The van der Waals surface area contributed by atoms with Gasteiger partial charge in [-0.05, 0) is 57.5 Å². The molecule has 0 radical (unpaired) electrons. The number of nitrogens with zero attached hydrogens (tertiary/aromatic N) is 1. The first-order valence-corrected chi connectivity index (χ1v) is 11.0. The van der Waals surface area contributed by atoms with Gasteiger partial charge in [0.1, 0.15) is 5.82 Å². The Bertz CT molecular complexity index is 799.